The summed E-state index contributed by atoms with van der Waals surface area (Å²) >= 11 is 3.39. The molecule has 0 saturated carbocycles. The summed E-state index contributed by atoms with van der Waals surface area (Å²) in [6, 6.07) is 15.5. The molecule has 1 aliphatic rings. The zero-order valence-corrected chi connectivity index (χ0v) is 15.7. The highest BCUT2D eigenvalue weighted by molar-refractivity contribution is 9.10. The molecule has 0 spiro atoms. The van der Waals surface area contributed by atoms with Crippen molar-refractivity contribution in [2.75, 3.05) is 44.8 Å². The number of nitrogens with zero attached hydrogens (tertiary/aromatic N) is 2. The number of methoxy groups -OCH3 is 1. The van der Waals surface area contributed by atoms with Gasteiger partial charge in [-0.2, -0.15) is 0 Å². The van der Waals surface area contributed by atoms with Gasteiger partial charge in [-0.15, -0.1) is 0 Å². The summed E-state index contributed by atoms with van der Waals surface area (Å²) in [5, 5.41) is 0. The molecule has 3 rings (SSSR count). The van der Waals surface area contributed by atoms with Crippen LogP contribution in [0.15, 0.2) is 53.0 Å². The highest BCUT2D eigenvalue weighted by Gasteiger charge is 2.21. The fourth-order valence-electron chi connectivity index (χ4n) is 2.80. The van der Waals surface area contributed by atoms with Crippen molar-refractivity contribution >= 4 is 27.5 Å². The first-order valence-electron chi connectivity index (χ1n) is 8.21. The third-order valence-corrected chi connectivity index (χ3v) is 4.72. The Kier molecular flexibility index (Phi) is 5.81. The Hall–Kier alpha value is -2.21. The first-order valence-corrected chi connectivity index (χ1v) is 9.00. The lowest BCUT2D eigenvalue weighted by Gasteiger charge is -2.36. The van der Waals surface area contributed by atoms with Crippen molar-refractivity contribution < 1.29 is 14.3 Å². The number of hydrogen-bond donors (Lipinski definition) is 0. The highest BCUT2D eigenvalue weighted by Crippen LogP contribution is 2.21. The molecule has 1 amide bonds. The summed E-state index contributed by atoms with van der Waals surface area (Å²) in [6.07, 6.45) is 0. The smallest absolute Gasteiger partial charge is 0.260 e. The molecule has 1 aliphatic heterocycles. The van der Waals surface area contributed by atoms with Crippen LogP contribution in [0.25, 0.3) is 0 Å². The van der Waals surface area contributed by atoms with Gasteiger partial charge in [-0.25, -0.2) is 0 Å². The van der Waals surface area contributed by atoms with Crippen LogP contribution < -0.4 is 14.4 Å². The molecule has 0 bridgehead atoms. The number of carbonyl (C=O) groups is 1. The normalized spacial score (nSPS) is 14.3. The van der Waals surface area contributed by atoms with Crippen LogP contribution in [0, 0.1) is 0 Å². The monoisotopic (exact) mass is 404 g/mol. The first kappa shape index (κ1) is 17.6. The van der Waals surface area contributed by atoms with Crippen LogP contribution in [0.4, 0.5) is 5.69 Å². The summed E-state index contributed by atoms with van der Waals surface area (Å²) in [4.78, 5) is 16.5. The first-order chi connectivity index (χ1) is 12.2. The van der Waals surface area contributed by atoms with Gasteiger partial charge in [0.2, 0.25) is 0 Å². The highest BCUT2D eigenvalue weighted by atomic mass is 79.9. The van der Waals surface area contributed by atoms with Crippen LogP contribution in [-0.4, -0.2) is 50.7 Å². The SMILES string of the molecule is COc1ccc(N2CCN(C(=O)COc3cccc(Br)c3)CC2)cc1. The lowest BCUT2D eigenvalue weighted by Crippen LogP contribution is -2.50. The average Bonchev–Trinajstić information content (AvgIpc) is 2.66. The molecule has 2 aromatic carbocycles. The van der Waals surface area contributed by atoms with Crippen LogP contribution in [0.3, 0.4) is 0 Å². The topological polar surface area (TPSA) is 42.0 Å². The number of halogens is 1. The van der Waals surface area contributed by atoms with E-state index in [1.165, 1.54) is 0 Å². The maximum atomic E-state index is 12.3. The lowest BCUT2D eigenvalue weighted by molar-refractivity contribution is -0.133. The van der Waals surface area contributed by atoms with Gasteiger partial charge in [0, 0.05) is 36.3 Å². The maximum Gasteiger partial charge on any atom is 0.260 e. The number of rotatable bonds is 5. The molecule has 0 atom stereocenters. The van der Waals surface area contributed by atoms with Gasteiger partial charge in [0.05, 0.1) is 7.11 Å². The maximum absolute atomic E-state index is 12.3. The van der Waals surface area contributed by atoms with E-state index in [2.05, 4.69) is 20.8 Å². The number of carbonyl (C=O) groups excluding carboxylic acids is 1. The Morgan fingerprint density at radius 2 is 1.76 bits per heavy atom. The van der Waals surface area contributed by atoms with Gasteiger partial charge < -0.3 is 19.3 Å². The van der Waals surface area contributed by atoms with E-state index in [0.29, 0.717) is 18.8 Å². The summed E-state index contributed by atoms with van der Waals surface area (Å²) in [6.45, 7) is 3.10. The standard InChI is InChI=1S/C19H21BrN2O3/c1-24-17-7-5-16(6-8-17)21-9-11-22(12-10-21)19(23)14-25-18-4-2-3-15(20)13-18/h2-8,13H,9-12,14H2,1H3. The fraction of sp³-hybridized carbons (Fsp3) is 0.316. The largest absolute Gasteiger partial charge is 0.497 e. The van der Waals surface area contributed by atoms with Crippen LogP contribution in [0.1, 0.15) is 0 Å². The predicted molar refractivity (Wildman–Crippen MR) is 101 cm³/mol. The van der Waals surface area contributed by atoms with Gasteiger partial charge in [0.15, 0.2) is 6.61 Å². The minimum absolute atomic E-state index is 0.0226. The third-order valence-electron chi connectivity index (χ3n) is 4.23. The van der Waals surface area contributed by atoms with Gasteiger partial charge in [-0.3, -0.25) is 4.79 Å². The number of hydrogen-bond acceptors (Lipinski definition) is 4. The Balaban J connectivity index is 1.48. The van der Waals surface area contributed by atoms with Gasteiger partial charge in [0.1, 0.15) is 11.5 Å². The van der Waals surface area contributed by atoms with Crippen LogP contribution in [0.5, 0.6) is 11.5 Å². The van der Waals surface area contributed by atoms with E-state index in [4.69, 9.17) is 9.47 Å². The van der Waals surface area contributed by atoms with Crippen molar-refractivity contribution in [3.05, 3.63) is 53.0 Å². The average molecular weight is 405 g/mol. The minimum Gasteiger partial charge on any atom is -0.497 e. The summed E-state index contributed by atoms with van der Waals surface area (Å²) in [5.41, 5.74) is 1.15. The predicted octanol–water partition coefficient (Wildman–Crippen LogP) is 3.19. The Morgan fingerprint density at radius 3 is 2.40 bits per heavy atom. The zero-order chi connectivity index (χ0) is 17.6. The van der Waals surface area contributed by atoms with E-state index in [1.807, 2.05) is 53.4 Å². The molecule has 5 nitrogen and oxygen atoms in total. The molecule has 0 radical (unpaired) electrons. The molecular formula is C19H21BrN2O3. The van der Waals surface area contributed by atoms with Crippen molar-refractivity contribution in [3.63, 3.8) is 0 Å². The summed E-state index contributed by atoms with van der Waals surface area (Å²) in [7, 11) is 1.66. The Labute approximate surface area is 156 Å². The lowest BCUT2D eigenvalue weighted by atomic mass is 10.2. The molecular weight excluding hydrogens is 384 g/mol. The van der Waals surface area contributed by atoms with Crippen molar-refractivity contribution in [2.24, 2.45) is 0 Å². The Bertz CT molecular complexity index is 713. The molecule has 1 heterocycles. The molecule has 0 N–H and O–H groups in total. The van der Waals surface area contributed by atoms with Gasteiger partial charge >= 0.3 is 0 Å². The van der Waals surface area contributed by atoms with Gasteiger partial charge in [-0.05, 0) is 42.5 Å². The number of benzene rings is 2. The van der Waals surface area contributed by atoms with Gasteiger partial charge in [0.25, 0.3) is 5.91 Å². The van der Waals surface area contributed by atoms with Crippen molar-refractivity contribution in [1.82, 2.24) is 4.90 Å². The summed E-state index contributed by atoms with van der Waals surface area (Å²) < 4.78 is 11.7. The molecule has 25 heavy (non-hydrogen) atoms. The van der Waals surface area contributed by atoms with E-state index in [9.17, 15) is 4.79 Å². The Morgan fingerprint density at radius 1 is 1.04 bits per heavy atom. The number of ether oxygens (including phenoxy) is 2. The van der Waals surface area contributed by atoms with E-state index >= 15 is 0 Å². The number of piperazine rings is 1. The number of amides is 1. The van der Waals surface area contributed by atoms with Crippen LogP contribution >= 0.6 is 15.9 Å². The van der Waals surface area contributed by atoms with Crippen molar-refractivity contribution in [1.29, 1.82) is 0 Å². The minimum atomic E-state index is 0.0226. The molecule has 1 fully saturated rings. The van der Waals surface area contributed by atoms with Crippen LogP contribution in [-0.2, 0) is 4.79 Å². The second kappa shape index (κ2) is 8.25. The molecule has 2 aromatic rings. The second-order valence-electron chi connectivity index (χ2n) is 5.81. The molecule has 0 unspecified atom stereocenters. The van der Waals surface area contributed by atoms with Crippen LogP contribution in [0.2, 0.25) is 0 Å². The van der Waals surface area contributed by atoms with Crippen molar-refractivity contribution in [2.45, 2.75) is 0 Å². The quantitative estimate of drug-likeness (QED) is 0.767. The zero-order valence-electron chi connectivity index (χ0n) is 14.2. The summed E-state index contributed by atoms with van der Waals surface area (Å²) in [5.74, 6) is 1.57. The molecule has 132 valence electrons. The number of anilines is 1. The third kappa shape index (κ3) is 4.66. The van der Waals surface area contributed by atoms with E-state index in [-0.39, 0.29) is 12.5 Å². The van der Waals surface area contributed by atoms with E-state index in [1.54, 1.807) is 7.11 Å². The fourth-order valence-corrected chi connectivity index (χ4v) is 3.18. The van der Waals surface area contributed by atoms with E-state index in [0.717, 1.165) is 29.0 Å². The molecule has 1 saturated heterocycles. The second-order valence-corrected chi connectivity index (χ2v) is 6.73. The van der Waals surface area contributed by atoms with Gasteiger partial charge in [-0.1, -0.05) is 22.0 Å². The van der Waals surface area contributed by atoms with E-state index < -0.39 is 0 Å². The molecule has 0 aliphatic carbocycles. The molecule has 6 heteroatoms. The van der Waals surface area contributed by atoms with Crippen molar-refractivity contribution in [3.8, 4) is 11.5 Å². The molecule has 0 aromatic heterocycles.